The Bertz CT molecular complexity index is 661. The van der Waals surface area contributed by atoms with Crippen LogP contribution in [-0.4, -0.2) is 33.4 Å². The minimum atomic E-state index is -1.23. The first kappa shape index (κ1) is 13.8. The van der Waals surface area contributed by atoms with Gasteiger partial charge in [-0.25, -0.2) is 9.78 Å². The van der Waals surface area contributed by atoms with Crippen LogP contribution in [0.1, 0.15) is 39.0 Å². The first-order valence-electron chi connectivity index (χ1n) is 6.09. The highest BCUT2D eigenvalue weighted by Crippen LogP contribution is 2.23. The summed E-state index contributed by atoms with van der Waals surface area (Å²) in [4.78, 5) is 29.7. The lowest BCUT2D eigenvalue weighted by atomic mass is 10.0. The van der Waals surface area contributed by atoms with Gasteiger partial charge in [-0.3, -0.25) is 4.79 Å². The fourth-order valence-electron chi connectivity index (χ4n) is 1.86. The SMILES string of the molecule is CCOc1ccc(C)cc1C(=O)c1nc[nH]c1C(=O)O. The smallest absolute Gasteiger partial charge is 0.354 e. The van der Waals surface area contributed by atoms with E-state index in [1.165, 1.54) is 6.33 Å². The zero-order valence-electron chi connectivity index (χ0n) is 11.1. The molecule has 1 heterocycles. The van der Waals surface area contributed by atoms with Crippen LogP contribution in [0, 0.1) is 6.92 Å². The third-order valence-corrected chi connectivity index (χ3v) is 2.75. The summed E-state index contributed by atoms with van der Waals surface area (Å²) in [6, 6.07) is 5.18. The number of carbonyl (C=O) groups is 2. The van der Waals surface area contributed by atoms with Crippen LogP contribution < -0.4 is 4.74 Å². The van der Waals surface area contributed by atoms with Gasteiger partial charge in [0.15, 0.2) is 5.69 Å². The summed E-state index contributed by atoms with van der Waals surface area (Å²) in [6.45, 7) is 4.07. The van der Waals surface area contributed by atoms with Crippen molar-refractivity contribution in [3.05, 3.63) is 47.0 Å². The molecule has 0 aliphatic rings. The van der Waals surface area contributed by atoms with E-state index in [0.29, 0.717) is 17.9 Å². The first-order chi connectivity index (χ1) is 9.54. The van der Waals surface area contributed by atoms with Crippen LogP contribution in [0.25, 0.3) is 0 Å². The number of aromatic carboxylic acids is 1. The molecule has 104 valence electrons. The zero-order chi connectivity index (χ0) is 14.7. The van der Waals surface area contributed by atoms with Crippen molar-refractivity contribution in [2.24, 2.45) is 0 Å². The van der Waals surface area contributed by atoms with Gasteiger partial charge in [0.25, 0.3) is 0 Å². The second-order valence-electron chi connectivity index (χ2n) is 4.19. The minimum absolute atomic E-state index is 0.121. The molecule has 0 amide bonds. The summed E-state index contributed by atoms with van der Waals surface area (Å²) in [5.41, 5.74) is 0.841. The highest BCUT2D eigenvalue weighted by molar-refractivity contribution is 6.13. The van der Waals surface area contributed by atoms with Crippen LogP contribution >= 0.6 is 0 Å². The molecule has 0 spiro atoms. The summed E-state index contributed by atoms with van der Waals surface area (Å²) in [5.74, 6) is -1.28. The highest BCUT2D eigenvalue weighted by atomic mass is 16.5. The van der Waals surface area contributed by atoms with Gasteiger partial charge in [0.1, 0.15) is 11.4 Å². The molecule has 0 bridgehead atoms. The number of hydrogen-bond donors (Lipinski definition) is 2. The summed E-state index contributed by atoms with van der Waals surface area (Å²) >= 11 is 0. The average Bonchev–Trinajstić information content (AvgIpc) is 2.89. The number of H-pyrrole nitrogens is 1. The number of nitrogens with zero attached hydrogens (tertiary/aromatic N) is 1. The topological polar surface area (TPSA) is 92.3 Å². The molecular weight excluding hydrogens is 260 g/mol. The van der Waals surface area contributed by atoms with E-state index in [0.717, 1.165) is 5.56 Å². The lowest BCUT2D eigenvalue weighted by molar-refractivity contribution is 0.0686. The molecule has 2 N–H and O–H groups in total. The number of carboxylic acids is 1. The van der Waals surface area contributed by atoms with E-state index < -0.39 is 11.8 Å². The third kappa shape index (κ3) is 2.54. The van der Waals surface area contributed by atoms with Gasteiger partial charge < -0.3 is 14.8 Å². The van der Waals surface area contributed by atoms with Crippen LogP contribution in [0.3, 0.4) is 0 Å². The largest absolute Gasteiger partial charge is 0.493 e. The van der Waals surface area contributed by atoms with Crippen molar-refractivity contribution < 1.29 is 19.4 Å². The van der Waals surface area contributed by atoms with Gasteiger partial charge in [-0.05, 0) is 26.0 Å². The Labute approximate surface area is 115 Å². The number of rotatable bonds is 5. The monoisotopic (exact) mass is 274 g/mol. The number of aromatic nitrogens is 2. The van der Waals surface area contributed by atoms with Gasteiger partial charge in [0, 0.05) is 0 Å². The van der Waals surface area contributed by atoms with Crippen molar-refractivity contribution in [3.8, 4) is 5.75 Å². The summed E-state index contributed by atoms with van der Waals surface area (Å²) in [7, 11) is 0. The maximum Gasteiger partial charge on any atom is 0.354 e. The molecule has 6 nitrogen and oxygen atoms in total. The van der Waals surface area contributed by atoms with Crippen molar-refractivity contribution in [2.75, 3.05) is 6.61 Å². The van der Waals surface area contributed by atoms with E-state index in [2.05, 4.69) is 9.97 Å². The minimum Gasteiger partial charge on any atom is -0.493 e. The van der Waals surface area contributed by atoms with Crippen LogP contribution in [-0.2, 0) is 0 Å². The predicted octanol–water partition coefficient (Wildman–Crippen LogP) is 2.05. The molecule has 1 aromatic heterocycles. The van der Waals surface area contributed by atoms with Crippen molar-refractivity contribution in [2.45, 2.75) is 13.8 Å². The Kier molecular flexibility index (Phi) is 3.84. The van der Waals surface area contributed by atoms with E-state index in [-0.39, 0.29) is 11.4 Å². The lowest BCUT2D eigenvalue weighted by Gasteiger charge is -2.09. The van der Waals surface area contributed by atoms with Crippen molar-refractivity contribution in [1.29, 1.82) is 0 Å². The molecule has 6 heteroatoms. The van der Waals surface area contributed by atoms with Gasteiger partial charge in [-0.1, -0.05) is 11.6 Å². The molecule has 0 saturated carbocycles. The molecule has 20 heavy (non-hydrogen) atoms. The molecule has 0 saturated heterocycles. The quantitative estimate of drug-likeness (QED) is 0.814. The standard InChI is InChI=1S/C14H14N2O4/c1-3-20-10-5-4-8(2)6-9(10)13(17)11-12(14(18)19)16-7-15-11/h4-7H,3H2,1-2H3,(H,15,16)(H,18,19). The number of aryl methyl sites for hydroxylation is 1. The van der Waals surface area contributed by atoms with E-state index in [1.54, 1.807) is 12.1 Å². The van der Waals surface area contributed by atoms with Gasteiger partial charge in [-0.15, -0.1) is 0 Å². The van der Waals surface area contributed by atoms with Crippen molar-refractivity contribution in [3.63, 3.8) is 0 Å². The molecule has 0 unspecified atom stereocenters. The van der Waals surface area contributed by atoms with Crippen LogP contribution in [0.2, 0.25) is 0 Å². The van der Waals surface area contributed by atoms with Gasteiger partial charge in [0.2, 0.25) is 5.78 Å². The Hall–Kier alpha value is -2.63. The molecule has 0 fully saturated rings. The van der Waals surface area contributed by atoms with Crippen molar-refractivity contribution >= 4 is 11.8 Å². The number of nitrogens with one attached hydrogen (secondary N) is 1. The van der Waals surface area contributed by atoms with E-state index in [9.17, 15) is 9.59 Å². The number of aromatic amines is 1. The number of hydrogen-bond acceptors (Lipinski definition) is 4. The first-order valence-corrected chi connectivity index (χ1v) is 6.09. The lowest BCUT2D eigenvalue weighted by Crippen LogP contribution is -2.11. The molecule has 2 aromatic rings. The maximum absolute atomic E-state index is 12.5. The van der Waals surface area contributed by atoms with Gasteiger partial charge in [-0.2, -0.15) is 0 Å². The predicted molar refractivity (Wildman–Crippen MR) is 71.3 cm³/mol. The number of carboxylic acid groups (broad SMARTS) is 1. The Morgan fingerprint density at radius 3 is 2.80 bits per heavy atom. The molecule has 0 aliphatic carbocycles. The maximum atomic E-state index is 12.5. The summed E-state index contributed by atoms with van der Waals surface area (Å²) in [5, 5.41) is 9.02. The molecule has 0 aliphatic heterocycles. The number of ketones is 1. The third-order valence-electron chi connectivity index (χ3n) is 2.75. The summed E-state index contributed by atoms with van der Waals surface area (Å²) in [6.07, 6.45) is 1.19. The Morgan fingerprint density at radius 1 is 1.40 bits per heavy atom. The van der Waals surface area contributed by atoms with E-state index in [4.69, 9.17) is 9.84 Å². The van der Waals surface area contributed by atoms with Crippen LogP contribution in [0.5, 0.6) is 5.75 Å². The summed E-state index contributed by atoms with van der Waals surface area (Å²) < 4.78 is 5.41. The molecular formula is C14H14N2O4. The fourth-order valence-corrected chi connectivity index (χ4v) is 1.86. The second kappa shape index (κ2) is 5.56. The molecule has 1 aromatic carbocycles. The number of ether oxygens (including phenoxy) is 1. The molecule has 2 rings (SSSR count). The van der Waals surface area contributed by atoms with Crippen molar-refractivity contribution in [1.82, 2.24) is 9.97 Å². The van der Waals surface area contributed by atoms with Crippen LogP contribution in [0.4, 0.5) is 0 Å². The molecule has 0 radical (unpaired) electrons. The van der Waals surface area contributed by atoms with Gasteiger partial charge >= 0.3 is 5.97 Å². The van der Waals surface area contributed by atoms with E-state index in [1.807, 2.05) is 19.9 Å². The molecule has 0 atom stereocenters. The number of imidazole rings is 1. The number of benzene rings is 1. The normalized spacial score (nSPS) is 10.3. The van der Waals surface area contributed by atoms with Crippen LogP contribution in [0.15, 0.2) is 24.5 Å². The highest BCUT2D eigenvalue weighted by Gasteiger charge is 2.23. The Balaban J connectivity index is 2.50. The fraction of sp³-hybridized carbons (Fsp3) is 0.214. The zero-order valence-corrected chi connectivity index (χ0v) is 11.1. The van der Waals surface area contributed by atoms with Gasteiger partial charge in [0.05, 0.1) is 18.5 Å². The Morgan fingerprint density at radius 2 is 2.15 bits per heavy atom. The van der Waals surface area contributed by atoms with E-state index >= 15 is 0 Å². The number of carbonyl (C=O) groups excluding carboxylic acids is 1. The average molecular weight is 274 g/mol. The second-order valence-corrected chi connectivity index (χ2v) is 4.19.